The van der Waals surface area contributed by atoms with Crippen LogP contribution >= 0.6 is 0 Å². The molecule has 1 nitrogen and oxygen atoms in total. The molecule has 0 N–H and O–H groups in total. The molecule has 0 unspecified atom stereocenters. The van der Waals surface area contributed by atoms with Crippen molar-refractivity contribution >= 4 is 0 Å². The average molecular weight is 550 g/mol. The van der Waals surface area contributed by atoms with Crippen molar-refractivity contribution in [3.8, 4) is 0 Å². The molecule has 0 saturated carbocycles. The Labute approximate surface area is 250 Å². The van der Waals surface area contributed by atoms with Crippen LogP contribution in [0.25, 0.3) is 0 Å². The average Bonchev–Trinajstić information content (AvgIpc) is 2.95. The number of hydrogen-bond donors (Lipinski definition) is 0. The molecule has 0 amide bonds. The molecule has 0 aliphatic carbocycles. The van der Waals surface area contributed by atoms with Gasteiger partial charge in [0.25, 0.3) is 0 Å². The molecule has 0 rings (SSSR count). The summed E-state index contributed by atoms with van der Waals surface area (Å²) in [6.07, 6.45) is 46.9. The standard InChI is InChI=1S/C38H79N/c1-4-7-9-11-13-15-17-19-21-23-25-27-29-31-33-35-37-39(6-3)38-36-34-32-30-28-26-24-22-20-18-16-14-12-10-8-5-2/h4-38H2,1-3H3. The van der Waals surface area contributed by atoms with Crippen molar-refractivity contribution in [1.82, 2.24) is 4.90 Å². The molecule has 39 heavy (non-hydrogen) atoms. The summed E-state index contributed by atoms with van der Waals surface area (Å²) in [6, 6.07) is 0. The molecule has 0 spiro atoms. The molecule has 0 aromatic rings. The van der Waals surface area contributed by atoms with Gasteiger partial charge in [0.1, 0.15) is 0 Å². The van der Waals surface area contributed by atoms with E-state index in [2.05, 4.69) is 25.7 Å². The zero-order valence-electron chi connectivity index (χ0n) is 28.2. The molecule has 0 aromatic heterocycles. The van der Waals surface area contributed by atoms with Gasteiger partial charge in [-0.25, -0.2) is 0 Å². The van der Waals surface area contributed by atoms with Gasteiger partial charge in [0, 0.05) is 0 Å². The van der Waals surface area contributed by atoms with Crippen LogP contribution in [-0.4, -0.2) is 24.5 Å². The second kappa shape index (κ2) is 36.0. The Balaban J connectivity index is 3.25. The summed E-state index contributed by atoms with van der Waals surface area (Å²) in [5, 5.41) is 0. The van der Waals surface area contributed by atoms with Crippen LogP contribution in [0.5, 0.6) is 0 Å². The van der Waals surface area contributed by atoms with Gasteiger partial charge < -0.3 is 4.90 Å². The number of nitrogens with zero attached hydrogens (tertiary/aromatic N) is 1. The van der Waals surface area contributed by atoms with Gasteiger partial charge in [-0.2, -0.15) is 0 Å². The van der Waals surface area contributed by atoms with Crippen molar-refractivity contribution in [2.75, 3.05) is 19.6 Å². The van der Waals surface area contributed by atoms with E-state index in [9.17, 15) is 0 Å². The Morgan fingerprint density at radius 1 is 0.231 bits per heavy atom. The molecule has 0 bridgehead atoms. The first kappa shape index (κ1) is 39.0. The van der Waals surface area contributed by atoms with Crippen molar-refractivity contribution < 1.29 is 0 Å². The van der Waals surface area contributed by atoms with Crippen LogP contribution in [0.4, 0.5) is 0 Å². The van der Waals surface area contributed by atoms with E-state index in [-0.39, 0.29) is 0 Å². The van der Waals surface area contributed by atoms with Gasteiger partial charge in [-0.3, -0.25) is 0 Å². The van der Waals surface area contributed by atoms with Gasteiger partial charge in [-0.1, -0.05) is 213 Å². The molecule has 236 valence electrons. The first-order chi connectivity index (χ1) is 19.3. The molecular formula is C38H79N. The fourth-order valence-electron chi connectivity index (χ4n) is 6.20. The molecule has 0 aromatic carbocycles. The first-order valence-corrected chi connectivity index (χ1v) is 19.1. The van der Waals surface area contributed by atoms with Gasteiger partial charge in [-0.05, 0) is 32.5 Å². The van der Waals surface area contributed by atoms with E-state index in [1.807, 2.05) is 0 Å². The Morgan fingerprint density at radius 3 is 0.590 bits per heavy atom. The second-order valence-electron chi connectivity index (χ2n) is 13.0. The second-order valence-corrected chi connectivity index (χ2v) is 13.0. The maximum Gasteiger partial charge on any atom is -0.00189 e. The van der Waals surface area contributed by atoms with E-state index in [0.717, 1.165) is 0 Å². The Kier molecular flexibility index (Phi) is 35.9. The zero-order chi connectivity index (χ0) is 28.3. The van der Waals surface area contributed by atoms with Crippen LogP contribution in [0.3, 0.4) is 0 Å². The van der Waals surface area contributed by atoms with Crippen molar-refractivity contribution in [2.24, 2.45) is 0 Å². The quantitative estimate of drug-likeness (QED) is 0.0710. The van der Waals surface area contributed by atoms with E-state index in [1.165, 1.54) is 225 Å². The summed E-state index contributed by atoms with van der Waals surface area (Å²) >= 11 is 0. The molecule has 0 heterocycles. The van der Waals surface area contributed by atoms with Gasteiger partial charge >= 0.3 is 0 Å². The van der Waals surface area contributed by atoms with Crippen LogP contribution in [0, 0.1) is 0 Å². The molecule has 1 heteroatoms. The van der Waals surface area contributed by atoms with Crippen LogP contribution in [-0.2, 0) is 0 Å². The summed E-state index contributed by atoms with van der Waals surface area (Å²) in [7, 11) is 0. The largest absolute Gasteiger partial charge is 0.304 e. The predicted octanol–water partition coefficient (Wildman–Crippen LogP) is 13.8. The molecule has 0 aliphatic heterocycles. The van der Waals surface area contributed by atoms with Gasteiger partial charge in [0.15, 0.2) is 0 Å². The van der Waals surface area contributed by atoms with Crippen LogP contribution in [0.1, 0.15) is 226 Å². The number of unbranched alkanes of at least 4 members (excludes halogenated alkanes) is 30. The van der Waals surface area contributed by atoms with E-state index in [4.69, 9.17) is 0 Å². The van der Waals surface area contributed by atoms with Gasteiger partial charge in [0.2, 0.25) is 0 Å². The third-order valence-electron chi connectivity index (χ3n) is 9.10. The topological polar surface area (TPSA) is 3.24 Å². The van der Waals surface area contributed by atoms with Crippen molar-refractivity contribution in [2.45, 2.75) is 226 Å². The Bertz CT molecular complexity index is 370. The molecule has 0 atom stereocenters. The minimum absolute atomic E-state index is 1.25. The van der Waals surface area contributed by atoms with Crippen molar-refractivity contribution in [1.29, 1.82) is 0 Å². The molecule has 0 saturated heterocycles. The van der Waals surface area contributed by atoms with Gasteiger partial charge in [0.05, 0.1) is 0 Å². The lowest BCUT2D eigenvalue weighted by Crippen LogP contribution is -2.25. The molecular weight excluding hydrogens is 470 g/mol. The van der Waals surface area contributed by atoms with Crippen LogP contribution < -0.4 is 0 Å². The molecule has 0 fully saturated rings. The summed E-state index contributed by atoms with van der Waals surface area (Å²) in [5.74, 6) is 0. The first-order valence-electron chi connectivity index (χ1n) is 19.1. The molecule has 0 aliphatic rings. The highest BCUT2D eigenvalue weighted by atomic mass is 15.1. The third-order valence-corrected chi connectivity index (χ3v) is 9.10. The van der Waals surface area contributed by atoms with Gasteiger partial charge in [-0.15, -0.1) is 0 Å². The predicted molar refractivity (Wildman–Crippen MR) is 181 cm³/mol. The monoisotopic (exact) mass is 550 g/mol. The maximum absolute atomic E-state index is 2.72. The Morgan fingerprint density at radius 2 is 0.410 bits per heavy atom. The van der Waals surface area contributed by atoms with Crippen LogP contribution in [0.15, 0.2) is 0 Å². The lowest BCUT2D eigenvalue weighted by molar-refractivity contribution is 0.273. The third kappa shape index (κ3) is 34.1. The highest BCUT2D eigenvalue weighted by Crippen LogP contribution is 2.15. The fraction of sp³-hybridized carbons (Fsp3) is 1.00. The smallest absolute Gasteiger partial charge is 0.00189 e. The van der Waals surface area contributed by atoms with E-state index in [0.29, 0.717) is 0 Å². The maximum atomic E-state index is 2.72. The van der Waals surface area contributed by atoms with Crippen molar-refractivity contribution in [3.05, 3.63) is 0 Å². The minimum Gasteiger partial charge on any atom is -0.304 e. The van der Waals surface area contributed by atoms with E-state index in [1.54, 1.807) is 0 Å². The molecule has 0 radical (unpaired) electrons. The highest BCUT2D eigenvalue weighted by Gasteiger charge is 2.02. The summed E-state index contributed by atoms with van der Waals surface area (Å²) < 4.78 is 0. The zero-order valence-corrected chi connectivity index (χ0v) is 28.2. The van der Waals surface area contributed by atoms with E-state index < -0.39 is 0 Å². The lowest BCUT2D eigenvalue weighted by atomic mass is 10.0. The normalized spacial score (nSPS) is 11.7. The number of hydrogen-bond acceptors (Lipinski definition) is 1. The summed E-state index contributed by atoms with van der Waals surface area (Å²) in [5.41, 5.74) is 0. The highest BCUT2D eigenvalue weighted by molar-refractivity contribution is 4.58. The Hall–Kier alpha value is -0.0400. The summed E-state index contributed by atoms with van der Waals surface area (Å²) in [6.45, 7) is 10.9. The SMILES string of the molecule is CCCCCCCCCCCCCCCCCCN(CC)CCCCCCCCCCCCCCCCCC. The van der Waals surface area contributed by atoms with E-state index >= 15 is 0 Å². The number of rotatable bonds is 35. The summed E-state index contributed by atoms with van der Waals surface area (Å²) in [4.78, 5) is 2.72. The van der Waals surface area contributed by atoms with Crippen LogP contribution in [0.2, 0.25) is 0 Å². The van der Waals surface area contributed by atoms with Crippen molar-refractivity contribution in [3.63, 3.8) is 0 Å². The lowest BCUT2D eigenvalue weighted by Gasteiger charge is -2.20. The minimum atomic E-state index is 1.25. The fourth-order valence-corrected chi connectivity index (χ4v) is 6.20.